The van der Waals surface area contributed by atoms with E-state index in [2.05, 4.69) is 31.4 Å². The van der Waals surface area contributed by atoms with E-state index in [0.29, 0.717) is 0 Å². The van der Waals surface area contributed by atoms with Gasteiger partial charge in [-0.1, -0.05) is 27.7 Å². The Labute approximate surface area is 130 Å². The highest BCUT2D eigenvalue weighted by Gasteiger charge is 2.17. The average molecular weight is 355 g/mol. The Morgan fingerprint density at radius 2 is 2.15 bits per heavy atom. The molecule has 20 heavy (non-hydrogen) atoms. The minimum Gasteiger partial charge on any atom is -0.325 e. The number of rotatable bonds is 5. The highest BCUT2D eigenvalue weighted by atomic mass is 79.9. The molecule has 0 saturated heterocycles. The van der Waals surface area contributed by atoms with Crippen molar-refractivity contribution in [1.29, 1.82) is 0 Å². The van der Waals surface area contributed by atoms with Gasteiger partial charge in [-0.05, 0) is 38.1 Å². The number of hydrogen-bond donors (Lipinski definition) is 1. The number of thioether (sulfide) groups is 1. The van der Waals surface area contributed by atoms with Crippen LogP contribution in [0.25, 0.3) is 0 Å². The van der Waals surface area contributed by atoms with Crippen molar-refractivity contribution in [3.8, 4) is 0 Å². The zero-order valence-electron chi connectivity index (χ0n) is 11.2. The molecule has 1 amide bonds. The Balaban J connectivity index is 1.97. The maximum Gasteiger partial charge on any atom is 0.237 e. The molecule has 7 heteroatoms. The van der Waals surface area contributed by atoms with Crippen molar-refractivity contribution < 1.29 is 4.79 Å². The van der Waals surface area contributed by atoms with E-state index in [9.17, 15) is 4.79 Å². The van der Waals surface area contributed by atoms with E-state index < -0.39 is 0 Å². The number of carbonyl (C=O) groups is 1. The second-order valence-electron chi connectivity index (χ2n) is 4.16. The SMILES string of the molecule is CCn1cnnc1S[C@H](C)C(=O)Nc1ccc(Br)cc1. The molecular weight excluding hydrogens is 340 g/mol. The first kappa shape index (κ1) is 15.1. The fourth-order valence-electron chi connectivity index (χ4n) is 1.54. The molecule has 2 rings (SSSR count). The lowest BCUT2D eigenvalue weighted by atomic mass is 10.3. The number of nitrogens with zero attached hydrogens (tertiary/aromatic N) is 3. The van der Waals surface area contributed by atoms with Crippen molar-refractivity contribution in [3.05, 3.63) is 35.1 Å². The van der Waals surface area contributed by atoms with Gasteiger partial charge in [-0.3, -0.25) is 4.79 Å². The van der Waals surface area contributed by atoms with Gasteiger partial charge in [0, 0.05) is 16.7 Å². The Kier molecular flexibility index (Phi) is 5.19. The van der Waals surface area contributed by atoms with Crippen molar-refractivity contribution in [1.82, 2.24) is 14.8 Å². The fraction of sp³-hybridized carbons (Fsp3) is 0.308. The van der Waals surface area contributed by atoms with Crippen molar-refractivity contribution in [2.75, 3.05) is 5.32 Å². The molecule has 2 aromatic rings. The summed E-state index contributed by atoms with van der Waals surface area (Å²) in [6.07, 6.45) is 1.67. The third-order valence-corrected chi connectivity index (χ3v) is 4.31. The number of aromatic nitrogens is 3. The molecule has 0 saturated carbocycles. The first-order valence-corrected chi connectivity index (χ1v) is 7.88. The minimum atomic E-state index is -0.242. The number of hydrogen-bond acceptors (Lipinski definition) is 4. The van der Waals surface area contributed by atoms with Gasteiger partial charge in [-0.15, -0.1) is 10.2 Å². The summed E-state index contributed by atoms with van der Waals surface area (Å²) < 4.78 is 2.89. The van der Waals surface area contributed by atoms with Crippen LogP contribution in [-0.4, -0.2) is 25.9 Å². The molecule has 0 aliphatic rings. The zero-order chi connectivity index (χ0) is 14.5. The monoisotopic (exact) mass is 354 g/mol. The van der Waals surface area contributed by atoms with Crippen LogP contribution < -0.4 is 5.32 Å². The Bertz CT molecular complexity index is 584. The molecule has 106 valence electrons. The summed E-state index contributed by atoms with van der Waals surface area (Å²) in [4.78, 5) is 12.1. The topological polar surface area (TPSA) is 59.8 Å². The number of aryl methyl sites for hydroxylation is 1. The predicted octanol–water partition coefficient (Wildman–Crippen LogP) is 3.18. The molecule has 0 fully saturated rings. The lowest BCUT2D eigenvalue weighted by molar-refractivity contribution is -0.115. The van der Waals surface area contributed by atoms with E-state index in [4.69, 9.17) is 0 Å². The summed E-state index contributed by atoms with van der Waals surface area (Å²) in [6, 6.07) is 7.49. The van der Waals surface area contributed by atoms with Crippen LogP contribution in [0, 0.1) is 0 Å². The van der Waals surface area contributed by atoms with Crippen LogP contribution in [0.4, 0.5) is 5.69 Å². The van der Waals surface area contributed by atoms with E-state index in [1.54, 1.807) is 6.33 Å². The van der Waals surface area contributed by atoms with Crippen LogP contribution in [0.1, 0.15) is 13.8 Å². The van der Waals surface area contributed by atoms with Crippen LogP contribution in [0.5, 0.6) is 0 Å². The third kappa shape index (κ3) is 3.83. The summed E-state index contributed by atoms with van der Waals surface area (Å²) in [7, 11) is 0. The lowest BCUT2D eigenvalue weighted by Crippen LogP contribution is -2.22. The summed E-state index contributed by atoms with van der Waals surface area (Å²) in [5.74, 6) is -0.0528. The van der Waals surface area contributed by atoms with Gasteiger partial charge in [0.25, 0.3) is 0 Å². The maximum atomic E-state index is 12.1. The average Bonchev–Trinajstić information content (AvgIpc) is 2.88. The Hall–Kier alpha value is -1.34. The van der Waals surface area contributed by atoms with Crippen LogP contribution in [0.2, 0.25) is 0 Å². The van der Waals surface area contributed by atoms with Gasteiger partial charge in [-0.25, -0.2) is 0 Å². The van der Waals surface area contributed by atoms with Gasteiger partial charge in [-0.2, -0.15) is 0 Å². The standard InChI is InChI=1S/C13H15BrN4OS/c1-3-18-8-15-17-13(18)20-9(2)12(19)16-11-6-4-10(14)5-7-11/h4-9H,3H2,1-2H3,(H,16,19)/t9-/m1/s1. The van der Waals surface area contributed by atoms with Gasteiger partial charge in [0.05, 0.1) is 5.25 Å². The fourth-order valence-corrected chi connectivity index (χ4v) is 2.69. The smallest absolute Gasteiger partial charge is 0.237 e. The molecule has 1 N–H and O–H groups in total. The van der Waals surface area contributed by atoms with Gasteiger partial charge >= 0.3 is 0 Å². The van der Waals surface area contributed by atoms with E-state index in [-0.39, 0.29) is 11.2 Å². The Morgan fingerprint density at radius 3 is 2.80 bits per heavy atom. The van der Waals surface area contributed by atoms with E-state index >= 15 is 0 Å². The number of benzene rings is 1. The largest absolute Gasteiger partial charge is 0.325 e. The summed E-state index contributed by atoms with van der Waals surface area (Å²) >= 11 is 4.76. The molecular formula is C13H15BrN4OS. The number of amides is 1. The molecule has 1 heterocycles. The zero-order valence-corrected chi connectivity index (χ0v) is 13.6. The number of carbonyl (C=O) groups excluding carboxylic acids is 1. The molecule has 0 spiro atoms. The second-order valence-corrected chi connectivity index (χ2v) is 6.38. The van der Waals surface area contributed by atoms with E-state index in [1.165, 1.54) is 11.8 Å². The summed E-state index contributed by atoms with van der Waals surface area (Å²) in [6.45, 7) is 4.66. The summed E-state index contributed by atoms with van der Waals surface area (Å²) in [5.41, 5.74) is 0.780. The summed E-state index contributed by atoms with van der Waals surface area (Å²) in [5, 5.41) is 11.3. The molecule has 0 radical (unpaired) electrons. The highest BCUT2D eigenvalue weighted by Crippen LogP contribution is 2.22. The first-order chi connectivity index (χ1) is 9.60. The predicted molar refractivity (Wildman–Crippen MR) is 83.8 cm³/mol. The number of nitrogens with one attached hydrogen (secondary N) is 1. The normalized spacial score (nSPS) is 12.2. The van der Waals surface area contributed by atoms with Crippen molar-refractivity contribution in [3.63, 3.8) is 0 Å². The Morgan fingerprint density at radius 1 is 1.45 bits per heavy atom. The van der Waals surface area contributed by atoms with Crippen molar-refractivity contribution >= 4 is 39.3 Å². The molecule has 0 aliphatic carbocycles. The van der Waals surface area contributed by atoms with Crippen molar-refractivity contribution in [2.45, 2.75) is 30.8 Å². The first-order valence-electron chi connectivity index (χ1n) is 6.21. The molecule has 1 aromatic heterocycles. The molecule has 0 aliphatic heterocycles. The highest BCUT2D eigenvalue weighted by molar-refractivity contribution is 9.10. The van der Waals surface area contributed by atoms with Crippen LogP contribution in [-0.2, 0) is 11.3 Å². The lowest BCUT2D eigenvalue weighted by Gasteiger charge is -2.11. The number of halogens is 1. The van der Waals surface area contributed by atoms with E-state index in [1.807, 2.05) is 42.7 Å². The minimum absolute atomic E-state index is 0.0528. The van der Waals surface area contributed by atoms with Crippen LogP contribution in [0.15, 0.2) is 40.2 Å². The molecule has 1 aromatic carbocycles. The van der Waals surface area contributed by atoms with E-state index in [0.717, 1.165) is 21.9 Å². The molecule has 0 bridgehead atoms. The molecule has 1 atom stereocenters. The molecule has 0 unspecified atom stereocenters. The van der Waals surface area contributed by atoms with Gasteiger partial charge in [0.2, 0.25) is 5.91 Å². The van der Waals surface area contributed by atoms with Gasteiger partial charge in [0.15, 0.2) is 5.16 Å². The third-order valence-electron chi connectivity index (χ3n) is 2.68. The van der Waals surface area contributed by atoms with Gasteiger partial charge < -0.3 is 9.88 Å². The van der Waals surface area contributed by atoms with Crippen LogP contribution in [0.3, 0.4) is 0 Å². The quantitative estimate of drug-likeness (QED) is 0.837. The number of anilines is 1. The molecule has 5 nitrogen and oxygen atoms in total. The maximum absolute atomic E-state index is 12.1. The van der Waals surface area contributed by atoms with Crippen LogP contribution >= 0.6 is 27.7 Å². The second kappa shape index (κ2) is 6.90. The van der Waals surface area contributed by atoms with Crippen molar-refractivity contribution in [2.24, 2.45) is 0 Å². The van der Waals surface area contributed by atoms with Gasteiger partial charge in [0.1, 0.15) is 6.33 Å².